The summed E-state index contributed by atoms with van der Waals surface area (Å²) in [6, 6.07) is 21.1. The van der Waals surface area contributed by atoms with Gasteiger partial charge in [-0.15, -0.1) is 0 Å². The predicted octanol–water partition coefficient (Wildman–Crippen LogP) is 3.82. The molecule has 6 heteroatoms. The van der Waals surface area contributed by atoms with Crippen LogP contribution in [0.2, 0.25) is 0 Å². The van der Waals surface area contributed by atoms with Gasteiger partial charge < -0.3 is 19.8 Å². The molecule has 0 spiro atoms. The van der Waals surface area contributed by atoms with Gasteiger partial charge in [-0.25, -0.2) is 0 Å². The molecule has 1 aromatic heterocycles. The second-order valence-corrected chi connectivity index (χ2v) is 7.34. The third-order valence-electron chi connectivity index (χ3n) is 5.40. The van der Waals surface area contributed by atoms with E-state index < -0.39 is 5.92 Å². The molecule has 1 aliphatic heterocycles. The normalized spacial score (nSPS) is 15.1. The first-order valence-electron chi connectivity index (χ1n) is 10.1. The third kappa shape index (κ3) is 3.66. The van der Waals surface area contributed by atoms with Gasteiger partial charge in [0.15, 0.2) is 0 Å². The number of fused-ring (bicyclic) bond motifs is 1. The van der Waals surface area contributed by atoms with E-state index in [4.69, 9.17) is 15.2 Å². The van der Waals surface area contributed by atoms with Crippen LogP contribution in [0.3, 0.4) is 0 Å². The number of aromatic nitrogens is 1. The highest BCUT2D eigenvalue weighted by Gasteiger charge is 2.35. The van der Waals surface area contributed by atoms with Gasteiger partial charge in [-0.3, -0.25) is 4.79 Å². The standard InChI is InChI=1S/C25H23N3O3/c1-3-30-20-12-8-7-11-18(20)22-19(14-26)24(27)31-21-13-16(2)28(25(29)23(21)22)15-17-9-5-4-6-10-17/h4-13,22H,3,15,27H2,1-2H3/t22-/m0/s1. The van der Waals surface area contributed by atoms with Crippen molar-refractivity contribution in [2.75, 3.05) is 6.61 Å². The van der Waals surface area contributed by atoms with Crippen molar-refractivity contribution in [3.63, 3.8) is 0 Å². The molecule has 0 saturated carbocycles. The van der Waals surface area contributed by atoms with Gasteiger partial charge in [0.05, 0.1) is 24.6 Å². The molecular formula is C25H23N3O3. The van der Waals surface area contributed by atoms with Crippen molar-refractivity contribution >= 4 is 0 Å². The van der Waals surface area contributed by atoms with Crippen LogP contribution in [0.15, 0.2) is 76.9 Å². The number of rotatable bonds is 5. The second-order valence-electron chi connectivity index (χ2n) is 7.34. The van der Waals surface area contributed by atoms with Crippen LogP contribution in [0.5, 0.6) is 11.5 Å². The first-order chi connectivity index (χ1) is 15.0. The molecule has 0 aliphatic carbocycles. The molecule has 0 unspecified atom stereocenters. The van der Waals surface area contributed by atoms with Gasteiger partial charge in [-0.05, 0) is 25.5 Å². The number of nitrogens with zero attached hydrogens (tertiary/aromatic N) is 2. The highest BCUT2D eigenvalue weighted by atomic mass is 16.5. The van der Waals surface area contributed by atoms with E-state index in [1.807, 2.05) is 68.4 Å². The highest BCUT2D eigenvalue weighted by molar-refractivity contribution is 5.58. The van der Waals surface area contributed by atoms with E-state index in [0.29, 0.717) is 35.8 Å². The maximum Gasteiger partial charge on any atom is 0.259 e. The first kappa shape index (κ1) is 20.3. The Hall–Kier alpha value is -3.98. The number of hydrogen-bond acceptors (Lipinski definition) is 5. The molecule has 1 atom stereocenters. The summed E-state index contributed by atoms with van der Waals surface area (Å²) in [6.07, 6.45) is 0. The van der Waals surface area contributed by atoms with E-state index in [0.717, 1.165) is 11.3 Å². The molecule has 4 rings (SSSR count). The molecule has 1 aliphatic rings. The summed E-state index contributed by atoms with van der Waals surface area (Å²) < 4.78 is 13.2. The van der Waals surface area contributed by atoms with Crippen LogP contribution in [0.25, 0.3) is 0 Å². The lowest BCUT2D eigenvalue weighted by atomic mass is 9.83. The Kier molecular flexibility index (Phi) is 5.50. The molecule has 2 aromatic carbocycles. The Morgan fingerprint density at radius 2 is 1.87 bits per heavy atom. The summed E-state index contributed by atoms with van der Waals surface area (Å²) in [5.74, 6) is 0.315. The Morgan fingerprint density at radius 1 is 1.16 bits per heavy atom. The number of benzene rings is 2. The summed E-state index contributed by atoms with van der Waals surface area (Å²) in [6.45, 7) is 4.62. The lowest BCUT2D eigenvalue weighted by Gasteiger charge is -2.28. The fourth-order valence-corrected chi connectivity index (χ4v) is 3.97. The number of pyridine rings is 1. The third-order valence-corrected chi connectivity index (χ3v) is 5.40. The van der Waals surface area contributed by atoms with Crippen LogP contribution in [0.1, 0.15) is 35.2 Å². The average Bonchev–Trinajstić information content (AvgIpc) is 2.77. The number of allylic oxidation sites excluding steroid dienone is 1. The zero-order valence-corrected chi connectivity index (χ0v) is 17.5. The van der Waals surface area contributed by atoms with Gasteiger partial charge in [0, 0.05) is 17.3 Å². The van der Waals surface area contributed by atoms with Crippen molar-refractivity contribution in [2.24, 2.45) is 5.73 Å². The molecule has 31 heavy (non-hydrogen) atoms. The second kappa shape index (κ2) is 8.41. The summed E-state index contributed by atoms with van der Waals surface area (Å²) in [5, 5.41) is 9.87. The minimum atomic E-state index is -0.674. The zero-order chi connectivity index (χ0) is 22.0. The van der Waals surface area contributed by atoms with E-state index >= 15 is 0 Å². The number of nitriles is 1. The summed E-state index contributed by atoms with van der Waals surface area (Å²) in [5.41, 5.74) is 8.94. The summed E-state index contributed by atoms with van der Waals surface area (Å²) in [4.78, 5) is 13.7. The van der Waals surface area contributed by atoms with Gasteiger partial charge in [0.2, 0.25) is 5.88 Å². The molecule has 2 heterocycles. The van der Waals surface area contributed by atoms with Gasteiger partial charge in [-0.1, -0.05) is 48.5 Å². The maximum atomic E-state index is 13.7. The Morgan fingerprint density at radius 3 is 2.58 bits per heavy atom. The van der Waals surface area contributed by atoms with E-state index in [-0.39, 0.29) is 17.0 Å². The molecule has 0 amide bonds. The minimum absolute atomic E-state index is 0.00547. The van der Waals surface area contributed by atoms with E-state index in [1.165, 1.54) is 0 Å². The quantitative estimate of drug-likeness (QED) is 0.687. The molecular weight excluding hydrogens is 390 g/mol. The van der Waals surface area contributed by atoms with Crippen LogP contribution >= 0.6 is 0 Å². The Labute approximate surface area is 180 Å². The highest BCUT2D eigenvalue weighted by Crippen LogP contribution is 2.43. The molecule has 2 N–H and O–H groups in total. The lowest BCUT2D eigenvalue weighted by Crippen LogP contribution is -2.33. The van der Waals surface area contributed by atoms with Gasteiger partial charge in [0.1, 0.15) is 23.1 Å². The number of ether oxygens (including phenoxy) is 2. The van der Waals surface area contributed by atoms with Crippen LogP contribution < -0.4 is 20.8 Å². The lowest BCUT2D eigenvalue weighted by molar-refractivity contribution is 0.334. The SMILES string of the molecule is CCOc1ccccc1[C@H]1C(C#N)=C(N)Oc2cc(C)n(Cc3ccccc3)c(=O)c21. The van der Waals surface area contributed by atoms with Crippen molar-refractivity contribution in [3.05, 3.63) is 105 Å². The molecule has 156 valence electrons. The van der Waals surface area contributed by atoms with Gasteiger partial charge in [-0.2, -0.15) is 5.26 Å². The number of aryl methyl sites for hydroxylation is 1. The van der Waals surface area contributed by atoms with Crippen LogP contribution in [0.4, 0.5) is 0 Å². The molecule has 0 fully saturated rings. The van der Waals surface area contributed by atoms with E-state index in [9.17, 15) is 10.1 Å². The van der Waals surface area contributed by atoms with Crippen molar-refractivity contribution in [3.8, 4) is 17.6 Å². The fourth-order valence-electron chi connectivity index (χ4n) is 3.97. The number of para-hydroxylation sites is 1. The number of nitrogens with two attached hydrogens (primary N) is 1. The zero-order valence-electron chi connectivity index (χ0n) is 17.5. The van der Waals surface area contributed by atoms with Gasteiger partial charge in [0.25, 0.3) is 5.56 Å². The van der Waals surface area contributed by atoms with E-state index in [1.54, 1.807) is 10.6 Å². The Balaban J connectivity index is 1.95. The number of hydrogen-bond donors (Lipinski definition) is 1. The van der Waals surface area contributed by atoms with Crippen molar-refractivity contribution in [1.29, 1.82) is 5.26 Å². The van der Waals surface area contributed by atoms with Crippen molar-refractivity contribution < 1.29 is 9.47 Å². The molecule has 0 bridgehead atoms. The maximum absolute atomic E-state index is 13.7. The monoisotopic (exact) mass is 413 g/mol. The molecule has 0 saturated heterocycles. The average molecular weight is 413 g/mol. The fraction of sp³-hybridized carbons (Fsp3) is 0.200. The topological polar surface area (TPSA) is 90.3 Å². The molecule has 3 aromatic rings. The van der Waals surface area contributed by atoms with Crippen LogP contribution in [0, 0.1) is 18.3 Å². The van der Waals surface area contributed by atoms with Crippen molar-refractivity contribution in [2.45, 2.75) is 26.3 Å². The van der Waals surface area contributed by atoms with Crippen LogP contribution in [-0.4, -0.2) is 11.2 Å². The smallest absolute Gasteiger partial charge is 0.259 e. The van der Waals surface area contributed by atoms with Crippen LogP contribution in [-0.2, 0) is 6.54 Å². The van der Waals surface area contributed by atoms with Crippen molar-refractivity contribution in [1.82, 2.24) is 4.57 Å². The summed E-state index contributed by atoms with van der Waals surface area (Å²) >= 11 is 0. The minimum Gasteiger partial charge on any atom is -0.494 e. The largest absolute Gasteiger partial charge is 0.494 e. The molecule has 6 nitrogen and oxygen atoms in total. The Bertz CT molecular complexity index is 1250. The molecule has 0 radical (unpaired) electrons. The van der Waals surface area contributed by atoms with E-state index in [2.05, 4.69) is 6.07 Å². The summed E-state index contributed by atoms with van der Waals surface area (Å²) in [7, 11) is 0. The van der Waals surface area contributed by atoms with Gasteiger partial charge >= 0.3 is 0 Å². The predicted molar refractivity (Wildman–Crippen MR) is 118 cm³/mol. The first-order valence-corrected chi connectivity index (χ1v) is 10.1.